The van der Waals surface area contributed by atoms with Crippen LogP contribution in [0.3, 0.4) is 0 Å². The van der Waals surface area contributed by atoms with Crippen LogP contribution in [0.2, 0.25) is 10.0 Å². The monoisotopic (exact) mass is 481 g/mol. The number of aromatic nitrogens is 2. The molecule has 1 fully saturated rings. The quantitative estimate of drug-likeness (QED) is 0.516. The van der Waals surface area contributed by atoms with E-state index in [2.05, 4.69) is 22.4 Å². The Morgan fingerprint density at radius 2 is 2.00 bits per heavy atom. The van der Waals surface area contributed by atoms with Gasteiger partial charge >= 0.3 is 181 Å². The van der Waals surface area contributed by atoms with Crippen molar-refractivity contribution in [2.24, 2.45) is 0 Å². The molecule has 4 nitrogen and oxygen atoms in total. The van der Waals surface area contributed by atoms with Gasteiger partial charge in [-0.15, -0.1) is 0 Å². The van der Waals surface area contributed by atoms with Gasteiger partial charge in [-0.2, -0.15) is 0 Å². The molecule has 4 rings (SSSR count). The summed E-state index contributed by atoms with van der Waals surface area (Å²) in [6.45, 7) is 1.97. The predicted molar refractivity (Wildman–Crippen MR) is 115 cm³/mol. The molecule has 3 aromatic rings. The van der Waals surface area contributed by atoms with Gasteiger partial charge in [0.15, 0.2) is 0 Å². The Labute approximate surface area is 180 Å². The van der Waals surface area contributed by atoms with Gasteiger partial charge < -0.3 is 0 Å². The van der Waals surface area contributed by atoms with E-state index in [0.717, 1.165) is 29.8 Å². The summed E-state index contributed by atoms with van der Waals surface area (Å²) in [6, 6.07) is 9.72. The van der Waals surface area contributed by atoms with Gasteiger partial charge in [-0.05, 0) is 0 Å². The third-order valence-corrected chi connectivity index (χ3v) is 7.55. The molecule has 7 heteroatoms. The van der Waals surface area contributed by atoms with Crippen LogP contribution in [0.4, 0.5) is 0 Å². The van der Waals surface area contributed by atoms with Gasteiger partial charge in [-0.25, -0.2) is 0 Å². The summed E-state index contributed by atoms with van der Waals surface area (Å²) in [5.74, 6) is -0.103. The number of hydrogen-bond acceptors (Lipinski definition) is 2. The van der Waals surface area contributed by atoms with Crippen molar-refractivity contribution < 1.29 is 4.79 Å². The Bertz CT molecular complexity index is 992. The second kappa shape index (κ2) is 8.46. The Kier molecular flexibility index (Phi) is 5.98. The Hall–Kier alpha value is -1.52. The van der Waals surface area contributed by atoms with Gasteiger partial charge in [0.1, 0.15) is 0 Å². The summed E-state index contributed by atoms with van der Waals surface area (Å²) in [4.78, 5) is 15.2. The zero-order valence-corrected chi connectivity index (χ0v) is 18.8. The molecule has 0 unspecified atom stereocenters. The van der Waals surface area contributed by atoms with Crippen LogP contribution in [0, 0.1) is 6.92 Å². The fourth-order valence-corrected chi connectivity index (χ4v) is 5.93. The van der Waals surface area contributed by atoms with Gasteiger partial charge in [-0.1, -0.05) is 0 Å². The topological polar surface area (TPSA) is 46.9 Å². The van der Waals surface area contributed by atoms with E-state index < -0.39 is 0 Å². The van der Waals surface area contributed by atoms with Crippen molar-refractivity contribution >= 4 is 43.6 Å². The van der Waals surface area contributed by atoms with E-state index in [4.69, 9.17) is 28.3 Å². The average Bonchev–Trinajstić information content (AvgIpc) is 3.30. The van der Waals surface area contributed by atoms with Gasteiger partial charge in [0.2, 0.25) is 0 Å². The summed E-state index contributed by atoms with van der Waals surface area (Å²) in [6.07, 6.45) is 5.68. The molecular weight excluding hydrogens is 460 g/mol. The summed E-state index contributed by atoms with van der Waals surface area (Å²) in [5.41, 5.74) is 3.03. The first kappa shape index (κ1) is 19.8. The summed E-state index contributed by atoms with van der Waals surface area (Å²) < 4.78 is 2.98. The molecule has 1 aliphatic carbocycles. The number of nitrogens with zero attached hydrogens (tertiary/aromatic N) is 2. The normalized spacial score (nSPS) is 15.0. The molecular formula is C21H21Cl2N3OSe. The molecule has 0 aliphatic heterocycles. The molecule has 0 atom stereocenters. The second-order valence-corrected chi connectivity index (χ2v) is 9.95. The third-order valence-electron chi connectivity index (χ3n) is 5.17. The first-order valence-electron chi connectivity index (χ1n) is 9.44. The molecule has 0 spiro atoms. The van der Waals surface area contributed by atoms with Crippen molar-refractivity contribution in [2.75, 3.05) is 0 Å². The third kappa shape index (κ3) is 3.95. The minimum absolute atomic E-state index is 0.103. The molecule has 146 valence electrons. The molecule has 0 saturated heterocycles. The molecule has 0 bridgehead atoms. The first-order valence-corrected chi connectivity index (χ1v) is 12.0. The van der Waals surface area contributed by atoms with Crippen LogP contribution in [0.5, 0.6) is 0 Å². The molecule has 0 radical (unpaired) electrons. The van der Waals surface area contributed by atoms with E-state index >= 15 is 0 Å². The van der Waals surface area contributed by atoms with E-state index in [1.165, 1.54) is 23.7 Å². The van der Waals surface area contributed by atoms with Crippen LogP contribution >= 0.6 is 23.2 Å². The van der Waals surface area contributed by atoms with E-state index in [0.29, 0.717) is 15.7 Å². The van der Waals surface area contributed by atoms with Crippen LogP contribution in [-0.4, -0.2) is 36.2 Å². The Balaban J connectivity index is 1.77. The SMILES string of the molecule is Cc1c(C(=O)NC2CCCCC2)nn(-c2ccc(Cl)cc2Cl)c1-c1ccc[se]1. The van der Waals surface area contributed by atoms with Crippen molar-refractivity contribution in [1.29, 1.82) is 0 Å². The van der Waals surface area contributed by atoms with Crippen LogP contribution in [0.15, 0.2) is 35.3 Å². The Morgan fingerprint density at radius 1 is 1.21 bits per heavy atom. The molecule has 1 saturated carbocycles. The number of benzene rings is 1. The summed E-state index contributed by atoms with van der Waals surface area (Å²) >= 11 is 12.7. The van der Waals surface area contributed by atoms with Crippen molar-refractivity contribution in [3.8, 4) is 15.8 Å². The summed E-state index contributed by atoms with van der Waals surface area (Å²) in [7, 11) is 0. The van der Waals surface area contributed by atoms with Crippen molar-refractivity contribution in [3.63, 3.8) is 0 Å². The number of halogens is 2. The molecule has 28 heavy (non-hydrogen) atoms. The number of amides is 1. The molecule has 1 aromatic carbocycles. The molecule has 1 aliphatic rings. The number of hydrogen-bond donors (Lipinski definition) is 1. The fraction of sp³-hybridized carbons (Fsp3) is 0.333. The molecule has 1 amide bonds. The van der Waals surface area contributed by atoms with Gasteiger partial charge in [0.05, 0.1) is 0 Å². The molecule has 1 N–H and O–H groups in total. The van der Waals surface area contributed by atoms with E-state index in [9.17, 15) is 4.79 Å². The van der Waals surface area contributed by atoms with Gasteiger partial charge in [0, 0.05) is 0 Å². The van der Waals surface area contributed by atoms with Crippen molar-refractivity contribution in [1.82, 2.24) is 15.1 Å². The second-order valence-electron chi connectivity index (χ2n) is 7.12. The predicted octanol–water partition coefficient (Wildman–Crippen LogP) is 5.27. The maximum absolute atomic E-state index is 13.0. The van der Waals surface area contributed by atoms with E-state index in [1.807, 2.05) is 13.0 Å². The van der Waals surface area contributed by atoms with Crippen LogP contribution < -0.4 is 5.32 Å². The van der Waals surface area contributed by atoms with Crippen LogP contribution in [0.1, 0.15) is 48.2 Å². The molecule has 2 aromatic heterocycles. The van der Waals surface area contributed by atoms with Gasteiger partial charge in [-0.3, -0.25) is 0 Å². The van der Waals surface area contributed by atoms with Crippen molar-refractivity contribution in [2.45, 2.75) is 45.1 Å². The van der Waals surface area contributed by atoms with Crippen molar-refractivity contribution in [3.05, 3.63) is 56.6 Å². The number of rotatable bonds is 4. The van der Waals surface area contributed by atoms with Crippen LogP contribution in [-0.2, 0) is 0 Å². The maximum atomic E-state index is 13.0. The fourth-order valence-electron chi connectivity index (χ4n) is 3.74. The van der Waals surface area contributed by atoms with Gasteiger partial charge in [0.25, 0.3) is 0 Å². The van der Waals surface area contributed by atoms with Crippen LogP contribution in [0.25, 0.3) is 15.8 Å². The standard InChI is InChI=1S/C21H21Cl2N3OSe/c1-13-19(21(27)24-15-6-3-2-4-7-15)25-26(20(13)18-8-5-11-28-18)17-10-9-14(22)12-16(17)23/h5,8-12,15H,2-4,6-7H2,1H3,(H,24,27). The Morgan fingerprint density at radius 3 is 2.68 bits per heavy atom. The summed E-state index contributed by atoms with van der Waals surface area (Å²) in [5, 5.41) is 8.96. The van der Waals surface area contributed by atoms with E-state index in [1.54, 1.807) is 16.8 Å². The number of nitrogens with one attached hydrogen (secondary N) is 1. The molecule has 2 heterocycles. The zero-order chi connectivity index (χ0) is 19.7. The number of carbonyl (C=O) groups excluding carboxylic acids is 1. The number of carbonyl (C=O) groups is 1. The van der Waals surface area contributed by atoms with E-state index in [-0.39, 0.29) is 26.5 Å². The first-order chi connectivity index (χ1) is 13.5. The zero-order valence-electron chi connectivity index (χ0n) is 15.5. The minimum atomic E-state index is -0.103. The average molecular weight is 481 g/mol.